The Morgan fingerprint density at radius 1 is 1.38 bits per heavy atom. The van der Waals surface area contributed by atoms with Crippen molar-refractivity contribution in [1.82, 2.24) is 10.6 Å². The third kappa shape index (κ3) is 7.20. The molecule has 5 nitrogen and oxygen atoms in total. The Morgan fingerprint density at radius 2 is 2.12 bits per heavy atom. The number of ether oxygens (including phenoxy) is 1. The van der Waals surface area contributed by atoms with Gasteiger partial charge in [-0.1, -0.05) is 19.9 Å². The van der Waals surface area contributed by atoms with E-state index in [2.05, 4.69) is 29.5 Å². The Balaban J connectivity index is 2.56. The van der Waals surface area contributed by atoms with Crippen LogP contribution in [0.3, 0.4) is 0 Å². The number of nitrogens with one attached hydrogen (secondary N) is 2. The Labute approximate surface area is 150 Å². The molecule has 0 fully saturated rings. The first-order valence-corrected chi connectivity index (χ1v) is 9.68. The van der Waals surface area contributed by atoms with Gasteiger partial charge in [-0.2, -0.15) is 0 Å². The lowest BCUT2D eigenvalue weighted by Gasteiger charge is -2.22. The molecular weight excluding hydrogens is 322 g/mol. The van der Waals surface area contributed by atoms with Crippen LogP contribution in [0.2, 0.25) is 0 Å². The van der Waals surface area contributed by atoms with E-state index in [0.29, 0.717) is 12.5 Å². The summed E-state index contributed by atoms with van der Waals surface area (Å²) in [6.07, 6.45) is 1.18. The van der Waals surface area contributed by atoms with E-state index in [4.69, 9.17) is 4.74 Å². The van der Waals surface area contributed by atoms with Crippen molar-refractivity contribution in [3.05, 3.63) is 22.4 Å². The lowest BCUT2D eigenvalue weighted by Crippen LogP contribution is -2.40. The average molecular weight is 356 g/mol. The van der Waals surface area contributed by atoms with Crippen LogP contribution in [0.5, 0.6) is 0 Å². The number of hydrogen-bond donors (Lipinski definition) is 3. The van der Waals surface area contributed by atoms with E-state index in [1.807, 2.05) is 31.4 Å². The zero-order valence-electron chi connectivity index (χ0n) is 15.6. The largest absolute Gasteiger partial charge is 0.383 e. The van der Waals surface area contributed by atoms with Gasteiger partial charge in [0.2, 0.25) is 0 Å². The predicted molar refractivity (Wildman–Crippen MR) is 103 cm³/mol. The van der Waals surface area contributed by atoms with E-state index < -0.39 is 5.60 Å². The quantitative estimate of drug-likeness (QED) is 0.446. The van der Waals surface area contributed by atoms with Gasteiger partial charge in [0.05, 0.1) is 12.6 Å². The van der Waals surface area contributed by atoms with Crippen molar-refractivity contribution >= 4 is 17.3 Å². The Hall–Kier alpha value is -1.11. The number of aliphatic imine (C=N–C) groups is 1. The molecule has 0 radical (unpaired) electrons. The number of aliphatic hydroxyl groups is 1. The SMILES string of the molecule is CCNC(=NCC(C)(O)c1cccs1)NCCC(OCC)C(C)C. The van der Waals surface area contributed by atoms with Crippen LogP contribution >= 0.6 is 11.3 Å². The Bertz CT molecular complexity index is 473. The van der Waals surface area contributed by atoms with Crippen molar-refractivity contribution < 1.29 is 9.84 Å². The molecule has 6 heteroatoms. The van der Waals surface area contributed by atoms with Crippen LogP contribution in [0.25, 0.3) is 0 Å². The molecule has 0 amide bonds. The Kier molecular flexibility index (Phi) is 9.33. The van der Waals surface area contributed by atoms with E-state index in [1.165, 1.54) is 0 Å². The average Bonchev–Trinajstić information content (AvgIpc) is 3.07. The fourth-order valence-electron chi connectivity index (χ4n) is 2.39. The minimum atomic E-state index is -0.942. The first-order valence-electron chi connectivity index (χ1n) is 8.80. The molecule has 0 saturated carbocycles. The summed E-state index contributed by atoms with van der Waals surface area (Å²) in [4.78, 5) is 5.47. The van der Waals surface area contributed by atoms with Crippen LogP contribution in [-0.2, 0) is 10.3 Å². The van der Waals surface area contributed by atoms with Crippen LogP contribution in [0, 0.1) is 5.92 Å². The van der Waals surface area contributed by atoms with Gasteiger partial charge in [0, 0.05) is 24.6 Å². The minimum Gasteiger partial charge on any atom is -0.383 e. The molecule has 2 atom stereocenters. The molecule has 138 valence electrons. The molecule has 0 spiro atoms. The summed E-state index contributed by atoms with van der Waals surface area (Å²) >= 11 is 1.55. The maximum Gasteiger partial charge on any atom is 0.191 e. The van der Waals surface area contributed by atoms with E-state index in [1.54, 1.807) is 18.3 Å². The van der Waals surface area contributed by atoms with E-state index >= 15 is 0 Å². The molecule has 0 aromatic carbocycles. The van der Waals surface area contributed by atoms with Crippen LogP contribution in [0.1, 0.15) is 45.9 Å². The number of guanidine groups is 1. The minimum absolute atomic E-state index is 0.250. The van der Waals surface area contributed by atoms with Crippen molar-refractivity contribution in [3.63, 3.8) is 0 Å². The second kappa shape index (κ2) is 10.7. The number of thiophene rings is 1. The number of hydrogen-bond acceptors (Lipinski definition) is 4. The van der Waals surface area contributed by atoms with Gasteiger partial charge >= 0.3 is 0 Å². The van der Waals surface area contributed by atoms with Crippen molar-refractivity contribution in [2.24, 2.45) is 10.9 Å². The monoisotopic (exact) mass is 355 g/mol. The summed E-state index contributed by atoms with van der Waals surface area (Å²) in [5, 5.41) is 19.1. The van der Waals surface area contributed by atoms with E-state index in [0.717, 1.165) is 37.0 Å². The molecule has 0 aliphatic carbocycles. The van der Waals surface area contributed by atoms with E-state index in [9.17, 15) is 5.11 Å². The molecule has 1 aromatic heterocycles. The third-order valence-corrected chi connectivity index (χ3v) is 4.91. The van der Waals surface area contributed by atoms with Gasteiger partial charge in [0.15, 0.2) is 5.96 Å². The standard InChI is InChI=1S/C18H33N3O2S/c1-6-19-17(20-11-10-15(14(3)4)23-7-2)21-13-18(5,22)16-9-8-12-24-16/h8-9,12,14-15,22H,6-7,10-11,13H2,1-5H3,(H2,19,20,21). The molecule has 0 aliphatic heterocycles. The number of rotatable bonds is 10. The van der Waals surface area contributed by atoms with Crippen LogP contribution in [0.4, 0.5) is 0 Å². The van der Waals surface area contributed by atoms with Gasteiger partial charge in [-0.05, 0) is 44.6 Å². The van der Waals surface area contributed by atoms with E-state index in [-0.39, 0.29) is 6.10 Å². The molecule has 24 heavy (non-hydrogen) atoms. The normalized spacial score (nSPS) is 16.0. The predicted octanol–water partition coefficient (Wildman–Crippen LogP) is 2.96. The van der Waals surface area contributed by atoms with Gasteiger partial charge < -0.3 is 20.5 Å². The molecule has 2 unspecified atom stereocenters. The highest BCUT2D eigenvalue weighted by atomic mass is 32.1. The lowest BCUT2D eigenvalue weighted by molar-refractivity contribution is 0.0258. The topological polar surface area (TPSA) is 65.9 Å². The molecule has 0 aliphatic rings. The molecular formula is C18H33N3O2S. The summed E-state index contributed by atoms with van der Waals surface area (Å²) in [5.41, 5.74) is -0.942. The van der Waals surface area contributed by atoms with Gasteiger partial charge in [-0.3, -0.25) is 0 Å². The fraction of sp³-hybridized carbons (Fsp3) is 0.722. The molecule has 1 heterocycles. The van der Waals surface area contributed by atoms with Crippen molar-refractivity contribution in [2.75, 3.05) is 26.2 Å². The van der Waals surface area contributed by atoms with Crippen molar-refractivity contribution in [2.45, 2.75) is 52.7 Å². The zero-order chi connectivity index (χ0) is 18.0. The summed E-state index contributed by atoms with van der Waals surface area (Å²) in [5.74, 6) is 1.22. The second-order valence-electron chi connectivity index (χ2n) is 6.40. The van der Waals surface area contributed by atoms with Crippen LogP contribution in [-0.4, -0.2) is 43.4 Å². The first-order chi connectivity index (χ1) is 11.4. The van der Waals surface area contributed by atoms with Gasteiger partial charge in [0.25, 0.3) is 0 Å². The summed E-state index contributed by atoms with van der Waals surface area (Å²) in [6, 6.07) is 3.89. The fourth-order valence-corrected chi connectivity index (χ4v) is 3.17. The molecule has 1 rings (SSSR count). The van der Waals surface area contributed by atoms with Crippen LogP contribution < -0.4 is 10.6 Å². The summed E-state index contributed by atoms with van der Waals surface area (Å²) in [6.45, 7) is 12.8. The van der Waals surface area contributed by atoms with Gasteiger partial charge in [-0.25, -0.2) is 4.99 Å². The maximum atomic E-state index is 10.6. The Morgan fingerprint density at radius 3 is 2.67 bits per heavy atom. The van der Waals surface area contributed by atoms with Crippen LogP contribution in [0.15, 0.2) is 22.5 Å². The summed E-state index contributed by atoms with van der Waals surface area (Å²) in [7, 11) is 0. The maximum absolute atomic E-state index is 10.6. The summed E-state index contributed by atoms with van der Waals surface area (Å²) < 4.78 is 5.77. The molecule has 3 N–H and O–H groups in total. The first kappa shape index (κ1) is 20.9. The lowest BCUT2D eigenvalue weighted by atomic mass is 10.0. The van der Waals surface area contributed by atoms with Gasteiger partial charge in [-0.15, -0.1) is 11.3 Å². The molecule has 0 saturated heterocycles. The molecule has 0 bridgehead atoms. The van der Waals surface area contributed by atoms with Crippen molar-refractivity contribution in [3.8, 4) is 0 Å². The molecule has 1 aromatic rings. The van der Waals surface area contributed by atoms with Gasteiger partial charge in [0.1, 0.15) is 5.60 Å². The highest BCUT2D eigenvalue weighted by molar-refractivity contribution is 7.10. The highest BCUT2D eigenvalue weighted by Gasteiger charge is 2.24. The third-order valence-electron chi connectivity index (χ3n) is 3.79. The zero-order valence-corrected chi connectivity index (χ0v) is 16.4. The smallest absolute Gasteiger partial charge is 0.191 e. The number of nitrogens with zero attached hydrogens (tertiary/aromatic N) is 1. The van der Waals surface area contributed by atoms with Crippen molar-refractivity contribution in [1.29, 1.82) is 0 Å². The highest BCUT2D eigenvalue weighted by Crippen LogP contribution is 2.25. The second-order valence-corrected chi connectivity index (χ2v) is 7.35.